The molecule has 1 unspecified atom stereocenters. The molecule has 1 aliphatic heterocycles. The first kappa shape index (κ1) is 12.6. The number of aryl methyl sites for hydroxylation is 1. The predicted molar refractivity (Wildman–Crippen MR) is 72.0 cm³/mol. The van der Waals surface area contributed by atoms with Crippen molar-refractivity contribution in [3.05, 3.63) is 16.0 Å². The van der Waals surface area contributed by atoms with Crippen LogP contribution in [0.1, 0.15) is 28.8 Å². The van der Waals surface area contributed by atoms with Gasteiger partial charge in [-0.15, -0.1) is 11.3 Å². The third-order valence-corrected chi connectivity index (χ3v) is 4.97. The molecule has 1 aromatic rings. The highest BCUT2D eigenvalue weighted by molar-refractivity contribution is 7.16. The maximum atomic E-state index is 12.2. The number of amides is 1. The summed E-state index contributed by atoms with van der Waals surface area (Å²) in [6.07, 6.45) is 3.55. The summed E-state index contributed by atoms with van der Waals surface area (Å²) in [5.41, 5.74) is 6.79. The maximum Gasteiger partial charge on any atom is 0.247 e. The van der Waals surface area contributed by atoms with E-state index >= 15 is 0 Å². The van der Waals surface area contributed by atoms with Crippen LogP contribution in [0.3, 0.4) is 0 Å². The molecule has 2 aliphatic rings. The van der Waals surface area contributed by atoms with Crippen molar-refractivity contribution in [2.45, 2.75) is 31.2 Å². The topological polar surface area (TPSA) is 88.1 Å². The Morgan fingerprint density at radius 2 is 2.37 bits per heavy atom. The minimum atomic E-state index is -0.957. The van der Waals surface area contributed by atoms with Crippen molar-refractivity contribution in [3.8, 4) is 6.07 Å². The zero-order chi connectivity index (χ0) is 13.5. The molecule has 2 heterocycles. The standard InChI is InChI=1S/C13H15N3O2S/c14-6-9-8-2-1-3-10(8)19-11(9)16-12(17)13(15)4-5-18-7-13/h1-5,7,15H2,(H,16,17). The van der Waals surface area contributed by atoms with Crippen LogP contribution >= 0.6 is 11.3 Å². The zero-order valence-electron chi connectivity index (χ0n) is 10.5. The van der Waals surface area contributed by atoms with Gasteiger partial charge in [0.1, 0.15) is 16.6 Å². The highest BCUT2D eigenvalue weighted by atomic mass is 32.1. The summed E-state index contributed by atoms with van der Waals surface area (Å²) >= 11 is 1.51. The van der Waals surface area contributed by atoms with Gasteiger partial charge in [0.25, 0.3) is 0 Å². The number of hydrogen-bond donors (Lipinski definition) is 2. The van der Waals surface area contributed by atoms with E-state index in [1.54, 1.807) is 0 Å². The van der Waals surface area contributed by atoms with E-state index in [-0.39, 0.29) is 12.5 Å². The number of carbonyl (C=O) groups is 1. The molecule has 0 aromatic carbocycles. The number of nitrogens with one attached hydrogen (secondary N) is 1. The van der Waals surface area contributed by atoms with E-state index in [1.165, 1.54) is 16.2 Å². The van der Waals surface area contributed by atoms with Gasteiger partial charge >= 0.3 is 0 Å². The summed E-state index contributed by atoms with van der Waals surface area (Å²) in [7, 11) is 0. The quantitative estimate of drug-likeness (QED) is 0.849. The molecular formula is C13H15N3O2S. The summed E-state index contributed by atoms with van der Waals surface area (Å²) in [6, 6.07) is 2.21. The molecule has 1 aromatic heterocycles. The molecule has 3 rings (SSSR count). The second-order valence-electron chi connectivity index (χ2n) is 5.09. The third kappa shape index (κ3) is 2.04. The fraction of sp³-hybridized carbons (Fsp3) is 0.538. The van der Waals surface area contributed by atoms with Crippen molar-refractivity contribution in [2.75, 3.05) is 18.5 Å². The number of thiophene rings is 1. The molecule has 19 heavy (non-hydrogen) atoms. The first-order valence-corrected chi connectivity index (χ1v) is 7.18. The first-order chi connectivity index (χ1) is 9.14. The Bertz CT molecular complexity index is 567. The second-order valence-corrected chi connectivity index (χ2v) is 6.19. The number of nitrogens with zero attached hydrogens (tertiary/aromatic N) is 1. The van der Waals surface area contributed by atoms with Crippen LogP contribution in [0.15, 0.2) is 0 Å². The van der Waals surface area contributed by atoms with Gasteiger partial charge in [0.15, 0.2) is 0 Å². The molecule has 100 valence electrons. The van der Waals surface area contributed by atoms with Crippen LogP contribution in [0.25, 0.3) is 0 Å². The van der Waals surface area contributed by atoms with Gasteiger partial charge in [-0.1, -0.05) is 0 Å². The van der Waals surface area contributed by atoms with Gasteiger partial charge in [-0.2, -0.15) is 5.26 Å². The van der Waals surface area contributed by atoms with Crippen molar-refractivity contribution >= 4 is 22.2 Å². The fourth-order valence-corrected chi connectivity index (χ4v) is 3.83. The lowest BCUT2D eigenvalue weighted by Gasteiger charge is -2.20. The Balaban J connectivity index is 1.84. The molecule has 1 aliphatic carbocycles. The van der Waals surface area contributed by atoms with Gasteiger partial charge in [-0.3, -0.25) is 4.79 Å². The van der Waals surface area contributed by atoms with Gasteiger partial charge in [-0.25, -0.2) is 0 Å². The zero-order valence-corrected chi connectivity index (χ0v) is 11.3. The summed E-state index contributed by atoms with van der Waals surface area (Å²) < 4.78 is 5.19. The Labute approximate surface area is 115 Å². The molecule has 1 fully saturated rings. The highest BCUT2D eigenvalue weighted by Gasteiger charge is 2.39. The summed E-state index contributed by atoms with van der Waals surface area (Å²) in [6.45, 7) is 0.752. The van der Waals surface area contributed by atoms with Crippen molar-refractivity contribution in [2.24, 2.45) is 5.73 Å². The second kappa shape index (κ2) is 4.60. The normalized spacial score (nSPS) is 25.1. The van der Waals surface area contributed by atoms with E-state index in [1.807, 2.05) is 0 Å². The lowest BCUT2D eigenvalue weighted by Crippen LogP contribution is -2.51. The van der Waals surface area contributed by atoms with Gasteiger partial charge in [0, 0.05) is 11.5 Å². The minimum Gasteiger partial charge on any atom is -0.379 e. The molecule has 0 radical (unpaired) electrons. The van der Waals surface area contributed by atoms with E-state index in [4.69, 9.17) is 10.5 Å². The predicted octanol–water partition coefficient (Wildman–Crippen LogP) is 1.16. The van der Waals surface area contributed by atoms with Crippen LogP contribution in [-0.2, 0) is 22.4 Å². The summed E-state index contributed by atoms with van der Waals surface area (Å²) in [5, 5.41) is 12.7. The van der Waals surface area contributed by atoms with Crippen LogP contribution in [0.2, 0.25) is 0 Å². The van der Waals surface area contributed by atoms with Crippen LogP contribution in [0.4, 0.5) is 5.00 Å². The number of ether oxygens (including phenoxy) is 1. The van der Waals surface area contributed by atoms with E-state index in [0.717, 1.165) is 24.8 Å². The highest BCUT2D eigenvalue weighted by Crippen LogP contribution is 2.38. The number of nitriles is 1. The number of anilines is 1. The largest absolute Gasteiger partial charge is 0.379 e. The first-order valence-electron chi connectivity index (χ1n) is 6.37. The van der Waals surface area contributed by atoms with Crippen LogP contribution < -0.4 is 11.1 Å². The molecule has 0 spiro atoms. The smallest absolute Gasteiger partial charge is 0.247 e. The molecule has 1 amide bonds. The Morgan fingerprint density at radius 3 is 3.05 bits per heavy atom. The van der Waals surface area contributed by atoms with Gasteiger partial charge in [0.2, 0.25) is 5.91 Å². The van der Waals surface area contributed by atoms with E-state index in [9.17, 15) is 10.1 Å². The van der Waals surface area contributed by atoms with Crippen molar-refractivity contribution < 1.29 is 9.53 Å². The van der Waals surface area contributed by atoms with Crippen molar-refractivity contribution in [3.63, 3.8) is 0 Å². The lowest BCUT2D eigenvalue weighted by atomic mass is 9.99. The Hall–Kier alpha value is -1.42. The van der Waals surface area contributed by atoms with E-state index in [0.29, 0.717) is 23.6 Å². The Morgan fingerprint density at radius 1 is 1.53 bits per heavy atom. The van der Waals surface area contributed by atoms with Crippen LogP contribution in [-0.4, -0.2) is 24.7 Å². The number of rotatable bonds is 2. The number of hydrogen-bond acceptors (Lipinski definition) is 5. The SMILES string of the molecule is N#Cc1c(NC(=O)C2(N)CCOC2)sc2c1CCC2. The van der Waals surface area contributed by atoms with Crippen molar-refractivity contribution in [1.82, 2.24) is 0 Å². The number of carbonyl (C=O) groups excluding carboxylic acids is 1. The average Bonchev–Trinajstić information content (AvgIpc) is 3.05. The van der Waals surface area contributed by atoms with Gasteiger partial charge in [0.05, 0.1) is 12.2 Å². The molecule has 0 bridgehead atoms. The monoisotopic (exact) mass is 277 g/mol. The van der Waals surface area contributed by atoms with E-state index in [2.05, 4.69) is 11.4 Å². The number of fused-ring (bicyclic) bond motifs is 1. The van der Waals surface area contributed by atoms with Gasteiger partial charge < -0.3 is 15.8 Å². The molecule has 5 nitrogen and oxygen atoms in total. The molecule has 1 atom stereocenters. The summed E-state index contributed by atoms with van der Waals surface area (Å²) in [5.74, 6) is -0.249. The molecule has 6 heteroatoms. The fourth-order valence-electron chi connectivity index (χ4n) is 2.60. The van der Waals surface area contributed by atoms with Gasteiger partial charge in [-0.05, 0) is 31.2 Å². The van der Waals surface area contributed by atoms with E-state index < -0.39 is 5.54 Å². The average molecular weight is 277 g/mol. The number of nitrogens with two attached hydrogens (primary N) is 1. The lowest BCUT2D eigenvalue weighted by molar-refractivity contribution is -0.121. The Kier molecular flexibility index (Phi) is 3.05. The van der Waals surface area contributed by atoms with Crippen LogP contribution in [0.5, 0.6) is 0 Å². The minimum absolute atomic E-state index is 0.242. The van der Waals surface area contributed by atoms with Crippen molar-refractivity contribution in [1.29, 1.82) is 5.26 Å². The molecule has 3 N–H and O–H groups in total. The maximum absolute atomic E-state index is 12.2. The summed E-state index contributed by atoms with van der Waals surface area (Å²) in [4.78, 5) is 13.4. The molecule has 0 saturated carbocycles. The molecular weight excluding hydrogens is 262 g/mol. The molecule has 1 saturated heterocycles. The third-order valence-electron chi connectivity index (χ3n) is 3.76. The van der Waals surface area contributed by atoms with Crippen LogP contribution in [0, 0.1) is 11.3 Å².